The number of ether oxygens (including phenoxy) is 3. The van der Waals surface area contributed by atoms with Crippen LogP contribution >= 0.6 is 0 Å². The van der Waals surface area contributed by atoms with Gasteiger partial charge >= 0.3 is 6.03 Å². The molecule has 2 N–H and O–H groups in total. The van der Waals surface area contributed by atoms with Crippen molar-refractivity contribution < 1.29 is 33.3 Å². The Kier molecular flexibility index (Phi) is 10.7. The third-order valence-corrected chi connectivity index (χ3v) is 14.2. The van der Waals surface area contributed by atoms with Crippen LogP contribution in [0.5, 0.6) is 0 Å². The quantitative estimate of drug-likeness (QED) is 0.306. The van der Waals surface area contributed by atoms with Crippen molar-refractivity contribution in [3.63, 3.8) is 0 Å². The standard InChI is InChI=1S/C27H52N2O7Si2/c1-15(2)38(16(3)4,17(5)6)34-14-33-21-19(36-27(10,11)12)20(22(30)26(7,8)9)35-24(21)29-13-18(37)23(31)28-25(29)32/h15-17,19-22,24,30H,13-14,37H2,1-12H3,(H,28,31,32)/t19-,20+,21-,22?,24-/m1/s1. The number of urea groups is 1. The van der Waals surface area contributed by atoms with Gasteiger partial charge in [-0.25, -0.2) is 4.79 Å². The summed E-state index contributed by atoms with van der Waals surface area (Å²) in [4.78, 5) is 26.6. The molecule has 1 unspecified atom stereocenters. The maximum atomic E-state index is 13.0. The van der Waals surface area contributed by atoms with Gasteiger partial charge in [0.15, 0.2) is 6.23 Å². The minimum atomic E-state index is -2.23. The Balaban J connectivity index is 2.48. The van der Waals surface area contributed by atoms with E-state index in [-0.39, 0.29) is 13.3 Å². The molecule has 0 spiro atoms. The van der Waals surface area contributed by atoms with E-state index >= 15 is 0 Å². The molecule has 9 nitrogen and oxygen atoms in total. The summed E-state index contributed by atoms with van der Waals surface area (Å²) in [5, 5.41) is 14.3. The van der Waals surface area contributed by atoms with Gasteiger partial charge in [0.1, 0.15) is 25.1 Å². The first-order valence-electron chi connectivity index (χ1n) is 13.8. The number of imide groups is 1. The zero-order valence-corrected chi connectivity index (χ0v) is 28.0. The smallest absolute Gasteiger partial charge is 0.326 e. The number of hydrogen-bond donors (Lipinski definition) is 2. The number of hydrogen-bond acceptors (Lipinski definition) is 7. The molecule has 0 aromatic carbocycles. The second-order valence-corrected chi connectivity index (χ2v) is 20.0. The van der Waals surface area contributed by atoms with Gasteiger partial charge in [-0.05, 0) is 52.7 Å². The molecule has 2 fully saturated rings. The SMILES string of the molecule is CC(C)[Si](OCO[C@@H]1[C@H](OC(C)(C)C)[C@@H](C(O)C(C)(C)C)O[C@H]1N1CC(=[SiH2])C(=O)NC1=O)(C(C)C)C(C)C. The minimum Gasteiger partial charge on any atom is -0.394 e. The Morgan fingerprint density at radius 3 is 2.00 bits per heavy atom. The van der Waals surface area contributed by atoms with E-state index in [9.17, 15) is 14.7 Å². The lowest BCUT2D eigenvalue weighted by atomic mass is 9.83. The fraction of sp³-hybridized carbons (Fsp3) is 0.889. The van der Waals surface area contributed by atoms with Crippen LogP contribution < -0.4 is 5.32 Å². The fourth-order valence-electron chi connectivity index (χ4n) is 5.91. The number of aliphatic hydroxyl groups excluding tert-OH is 1. The Bertz CT molecular complexity index is 845. The van der Waals surface area contributed by atoms with Crippen LogP contribution in [0.15, 0.2) is 0 Å². The van der Waals surface area contributed by atoms with Crippen LogP contribution in [0.25, 0.3) is 0 Å². The van der Waals surface area contributed by atoms with Gasteiger partial charge in [0.25, 0.3) is 5.91 Å². The van der Waals surface area contributed by atoms with Crippen LogP contribution in [-0.2, 0) is 23.4 Å². The number of rotatable bonds is 10. The van der Waals surface area contributed by atoms with E-state index < -0.39 is 61.9 Å². The molecule has 2 heterocycles. The summed E-state index contributed by atoms with van der Waals surface area (Å²) in [7, 11) is -0.782. The average molecular weight is 573 g/mol. The second-order valence-electron chi connectivity index (χ2n) is 13.7. The van der Waals surface area contributed by atoms with Crippen molar-refractivity contribution in [3.05, 3.63) is 0 Å². The van der Waals surface area contributed by atoms with Crippen LogP contribution in [0.2, 0.25) is 16.6 Å². The predicted molar refractivity (Wildman–Crippen MR) is 154 cm³/mol. The third-order valence-electron chi connectivity index (χ3n) is 7.66. The van der Waals surface area contributed by atoms with Crippen molar-refractivity contribution in [2.24, 2.45) is 5.41 Å². The summed E-state index contributed by atoms with van der Waals surface area (Å²) in [5.41, 5.74) is 0.0261. The summed E-state index contributed by atoms with van der Waals surface area (Å²) in [6.45, 7) is 25.0. The molecule has 2 aliphatic rings. The highest BCUT2D eigenvalue weighted by atomic mass is 28.4. The Hall–Kier alpha value is -0.956. The van der Waals surface area contributed by atoms with Crippen LogP contribution in [0, 0.1) is 5.41 Å². The van der Waals surface area contributed by atoms with E-state index in [0.717, 1.165) is 0 Å². The zero-order valence-electron chi connectivity index (χ0n) is 25.6. The van der Waals surface area contributed by atoms with E-state index in [1.54, 1.807) is 0 Å². The molecule has 2 rings (SSSR count). The highest BCUT2D eigenvalue weighted by Crippen LogP contribution is 2.43. The van der Waals surface area contributed by atoms with Crippen LogP contribution in [0.4, 0.5) is 4.79 Å². The fourth-order valence-corrected chi connectivity index (χ4v) is 11.5. The average Bonchev–Trinajstić information content (AvgIpc) is 3.07. The molecule has 11 heteroatoms. The highest BCUT2D eigenvalue weighted by Gasteiger charge is 2.56. The highest BCUT2D eigenvalue weighted by molar-refractivity contribution is 6.77. The normalized spacial score (nSPS) is 26.6. The topological polar surface area (TPSA) is 107 Å². The zero-order chi connectivity index (χ0) is 29.4. The predicted octanol–water partition coefficient (Wildman–Crippen LogP) is 3.19. The lowest BCUT2D eigenvalue weighted by molar-refractivity contribution is -0.164. The van der Waals surface area contributed by atoms with Gasteiger partial charge in [0, 0.05) is 5.17 Å². The molecule has 220 valence electrons. The molecule has 5 atom stereocenters. The summed E-state index contributed by atoms with van der Waals surface area (Å²) in [5.74, 6) is -0.390. The molecular formula is C27H52N2O7Si2. The van der Waals surface area contributed by atoms with Crippen LogP contribution in [0.1, 0.15) is 83.1 Å². The van der Waals surface area contributed by atoms with Gasteiger partial charge < -0.3 is 23.7 Å². The van der Waals surface area contributed by atoms with E-state index in [1.165, 1.54) is 14.8 Å². The van der Waals surface area contributed by atoms with Crippen molar-refractivity contribution in [1.82, 2.24) is 10.2 Å². The van der Waals surface area contributed by atoms with Crippen molar-refractivity contribution in [1.29, 1.82) is 0 Å². The lowest BCUT2D eigenvalue weighted by Gasteiger charge is -2.42. The Labute approximate surface area is 233 Å². The van der Waals surface area contributed by atoms with Gasteiger partial charge in [-0.2, -0.15) is 0 Å². The maximum absolute atomic E-state index is 13.0. The van der Waals surface area contributed by atoms with Gasteiger partial charge in [-0.15, -0.1) is 0 Å². The van der Waals surface area contributed by atoms with Gasteiger partial charge in [0.2, 0.25) is 8.32 Å². The van der Waals surface area contributed by atoms with E-state index in [1.807, 2.05) is 41.5 Å². The summed E-state index contributed by atoms with van der Waals surface area (Å²) >= 11 is 0. The number of nitrogens with zero attached hydrogens (tertiary/aromatic N) is 1. The molecule has 2 aliphatic heterocycles. The van der Waals surface area contributed by atoms with Crippen molar-refractivity contribution in [2.45, 2.75) is 136 Å². The molecule has 2 saturated heterocycles. The number of nitrogens with one attached hydrogen (secondary N) is 1. The summed E-state index contributed by atoms with van der Waals surface area (Å²) in [6.07, 6.45) is -3.97. The van der Waals surface area contributed by atoms with E-state index in [4.69, 9.17) is 18.6 Å². The molecular weight excluding hydrogens is 520 g/mol. The molecule has 38 heavy (non-hydrogen) atoms. The first-order chi connectivity index (χ1) is 17.2. The molecule has 0 aromatic rings. The maximum Gasteiger partial charge on any atom is 0.326 e. The molecule has 0 saturated carbocycles. The molecule has 0 radical (unpaired) electrons. The lowest BCUT2D eigenvalue weighted by Crippen LogP contribution is -2.61. The number of amides is 3. The molecule has 0 bridgehead atoms. The third kappa shape index (κ3) is 7.21. The summed E-state index contributed by atoms with van der Waals surface area (Å²) < 4.78 is 26.1. The van der Waals surface area contributed by atoms with Crippen molar-refractivity contribution in [2.75, 3.05) is 13.3 Å². The number of carbonyl (C=O) groups is 2. The number of carbonyl (C=O) groups excluding carboxylic acids is 2. The van der Waals surface area contributed by atoms with Crippen LogP contribution in [0.3, 0.4) is 0 Å². The van der Waals surface area contributed by atoms with Gasteiger partial charge in [-0.1, -0.05) is 62.3 Å². The van der Waals surface area contributed by atoms with Crippen LogP contribution in [-0.4, -0.2) is 94.9 Å². The Morgan fingerprint density at radius 1 is 1.03 bits per heavy atom. The number of aliphatic hydroxyl groups is 1. The summed E-state index contributed by atoms with van der Waals surface area (Å²) in [6, 6.07) is -0.555. The van der Waals surface area contributed by atoms with Gasteiger partial charge in [0.05, 0.1) is 18.2 Å². The first kappa shape index (κ1) is 33.3. The Morgan fingerprint density at radius 2 is 1.55 bits per heavy atom. The van der Waals surface area contributed by atoms with Crippen molar-refractivity contribution in [3.8, 4) is 0 Å². The minimum absolute atomic E-state index is 0.0203. The van der Waals surface area contributed by atoms with Gasteiger partial charge in [-0.3, -0.25) is 15.0 Å². The molecule has 3 amide bonds. The monoisotopic (exact) mass is 572 g/mol. The van der Waals surface area contributed by atoms with E-state index in [2.05, 4.69) is 46.9 Å². The molecule has 0 aliphatic carbocycles. The second kappa shape index (κ2) is 12.3. The van der Waals surface area contributed by atoms with Crippen molar-refractivity contribution >= 4 is 35.3 Å². The first-order valence-corrected chi connectivity index (χ1v) is 16.6. The molecule has 0 aromatic heterocycles. The van der Waals surface area contributed by atoms with E-state index in [0.29, 0.717) is 21.8 Å². The largest absolute Gasteiger partial charge is 0.394 e.